The summed E-state index contributed by atoms with van der Waals surface area (Å²) in [5, 5.41) is 2.80. The van der Waals surface area contributed by atoms with Crippen LogP contribution in [0.25, 0.3) is 0 Å². The lowest BCUT2D eigenvalue weighted by Gasteiger charge is -2.45. The summed E-state index contributed by atoms with van der Waals surface area (Å²) in [6.07, 6.45) is 6.82. The van der Waals surface area contributed by atoms with E-state index in [0.29, 0.717) is 18.1 Å². The number of rotatable bonds is 6. The standard InChI is InChI=1S/C28H36N2OSi/c1-20(2)27-29-16-17-30(27)26-24-18-21(19-25(24)26)31-32(28(3,4)5,22-12-8-6-9-13-22)23-14-10-7-11-15-23/h6-17,20-21,24-26H,18-19H2,1-5H3/t21?,24-,25+,26-. The van der Waals surface area contributed by atoms with Crippen LogP contribution in [0.1, 0.15) is 65.2 Å². The van der Waals surface area contributed by atoms with Gasteiger partial charge < -0.3 is 8.99 Å². The van der Waals surface area contributed by atoms with Gasteiger partial charge in [0.15, 0.2) is 0 Å². The first-order chi connectivity index (χ1) is 15.3. The van der Waals surface area contributed by atoms with Gasteiger partial charge in [0.25, 0.3) is 8.32 Å². The second-order valence-electron chi connectivity index (χ2n) is 11.0. The Hall–Kier alpha value is -2.17. The van der Waals surface area contributed by atoms with Gasteiger partial charge in [0.05, 0.1) is 0 Å². The highest BCUT2D eigenvalue weighted by Crippen LogP contribution is 2.62. The van der Waals surface area contributed by atoms with Crippen LogP contribution in [0.15, 0.2) is 73.1 Å². The number of fused-ring (bicyclic) bond motifs is 1. The molecule has 2 aromatic carbocycles. The van der Waals surface area contributed by atoms with Crippen molar-refractivity contribution in [3.8, 4) is 0 Å². The van der Waals surface area contributed by atoms with Crippen molar-refractivity contribution in [2.45, 2.75) is 70.6 Å². The van der Waals surface area contributed by atoms with Gasteiger partial charge in [-0.1, -0.05) is 95.3 Å². The molecule has 2 saturated carbocycles. The van der Waals surface area contributed by atoms with Crippen molar-refractivity contribution in [2.24, 2.45) is 11.8 Å². The third kappa shape index (κ3) is 3.48. The van der Waals surface area contributed by atoms with Crippen molar-refractivity contribution in [1.29, 1.82) is 0 Å². The third-order valence-electron chi connectivity index (χ3n) is 7.65. The van der Waals surface area contributed by atoms with Crippen LogP contribution in [0.2, 0.25) is 5.04 Å². The van der Waals surface area contributed by atoms with E-state index in [9.17, 15) is 0 Å². The van der Waals surface area contributed by atoms with Gasteiger partial charge in [0, 0.05) is 30.5 Å². The van der Waals surface area contributed by atoms with Crippen molar-refractivity contribution in [2.75, 3.05) is 0 Å². The zero-order valence-electron chi connectivity index (χ0n) is 20.0. The molecule has 1 heterocycles. The highest BCUT2D eigenvalue weighted by Gasteiger charge is 2.60. The average molecular weight is 445 g/mol. The van der Waals surface area contributed by atoms with Crippen LogP contribution >= 0.6 is 0 Å². The summed E-state index contributed by atoms with van der Waals surface area (Å²) in [7, 11) is -2.46. The number of benzene rings is 2. The van der Waals surface area contributed by atoms with E-state index in [-0.39, 0.29) is 5.04 Å². The lowest BCUT2D eigenvalue weighted by Crippen LogP contribution is -2.67. The van der Waals surface area contributed by atoms with Crippen LogP contribution in [0.5, 0.6) is 0 Å². The topological polar surface area (TPSA) is 27.1 Å². The first-order valence-corrected chi connectivity index (χ1v) is 14.1. The summed E-state index contributed by atoms with van der Waals surface area (Å²) in [5.74, 6) is 3.15. The van der Waals surface area contributed by atoms with E-state index in [1.54, 1.807) is 0 Å². The van der Waals surface area contributed by atoms with E-state index in [1.165, 1.54) is 16.2 Å². The summed E-state index contributed by atoms with van der Waals surface area (Å²) in [5.41, 5.74) is 0. The zero-order valence-corrected chi connectivity index (χ0v) is 21.0. The predicted octanol–water partition coefficient (Wildman–Crippen LogP) is 5.53. The molecular weight excluding hydrogens is 408 g/mol. The summed E-state index contributed by atoms with van der Waals surface area (Å²) >= 11 is 0. The molecule has 0 radical (unpaired) electrons. The fourth-order valence-electron chi connectivity index (χ4n) is 6.23. The van der Waals surface area contributed by atoms with Gasteiger partial charge in [-0.3, -0.25) is 0 Å². The Morgan fingerprint density at radius 3 is 1.91 bits per heavy atom. The molecule has 4 heteroatoms. The molecule has 32 heavy (non-hydrogen) atoms. The van der Waals surface area contributed by atoms with Gasteiger partial charge in [-0.15, -0.1) is 0 Å². The molecule has 0 bridgehead atoms. The van der Waals surface area contributed by atoms with Crippen molar-refractivity contribution in [3.63, 3.8) is 0 Å². The monoisotopic (exact) mass is 444 g/mol. The lowest BCUT2D eigenvalue weighted by molar-refractivity contribution is 0.173. The Morgan fingerprint density at radius 1 is 0.906 bits per heavy atom. The SMILES string of the molecule is CC(C)c1nccn1[C@@H]1[C@@H]2CC(O[Si](c3ccccc3)(c3ccccc3)C(C)(C)C)C[C@@H]21. The van der Waals surface area contributed by atoms with E-state index < -0.39 is 8.32 Å². The quantitative estimate of drug-likeness (QED) is 0.467. The molecule has 1 aromatic heterocycles. The van der Waals surface area contributed by atoms with Crippen molar-refractivity contribution < 1.29 is 4.43 Å². The van der Waals surface area contributed by atoms with Gasteiger partial charge in [-0.05, 0) is 40.1 Å². The Balaban J connectivity index is 1.44. The van der Waals surface area contributed by atoms with Crippen LogP contribution < -0.4 is 10.4 Å². The van der Waals surface area contributed by atoms with Crippen molar-refractivity contribution in [1.82, 2.24) is 9.55 Å². The smallest absolute Gasteiger partial charge is 0.261 e. The van der Waals surface area contributed by atoms with E-state index in [4.69, 9.17) is 4.43 Å². The Labute approximate surface area is 194 Å². The predicted molar refractivity (Wildman–Crippen MR) is 134 cm³/mol. The number of nitrogens with zero attached hydrogens (tertiary/aromatic N) is 2. The fourth-order valence-corrected chi connectivity index (χ4v) is 10.9. The first kappa shape index (κ1) is 21.7. The molecule has 5 rings (SSSR count). The molecule has 0 N–H and O–H groups in total. The molecule has 3 aromatic rings. The number of hydrogen-bond donors (Lipinski definition) is 0. The molecule has 0 spiro atoms. The number of aromatic nitrogens is 2. The van der Waals surface area contributed by atoms with E-state index in [1.807, 2.05) is 6.20 Å². The summed E-state index contributed by atoms with van der Waals surface area (Å²) in [4.78, 5) is 4.63. The van der Waals surface area contributed by atoms with Gasteiger partial charge in [-0.25, -0.2) is 4.98 Å². The van der Waals surface area contributed by atoms with Crippen LogP contribution in [0.3, 0.4) is 0 Å². The molecule has 168 valence electrons. The van der Waals surface area contributed by atoms with Gasteiger partial charge in [0.1, 0.15) is 5.82 Å². The van der Waals surface area contributed by atoms with Crippen molar-refractivity contribution in [3.05, 3.63) is 78.9 Å². The molecule has 4 atom stereocenters. The minimum atomic E-state index is -2.46. The normalized spacial score (nSPS) is 25.2. The second-order valence-corrected chi connectivity index (χ2v) is 15.3. The van der Waals surface area contributed by atoms with Crippen LogP contribution in [-0.2, 0) is 4.43 Å². The Morgan fingerprint density at radius 2 is 1.44 bits per heavy atom. The zero-order chi connectivity index (χ0) is 22.5. The fraction of sp³-hybridized carbons (Fsp3) is 0.464. The maximum Gasteiger partial charge on any atom is 0.261 e. The highest BCUT2D eigenvalue weighted by atomic mass is 28.4. The molecule has 2 aliphatic carbocycles. The van der Waals surface area contributed by atoms with E-state index >= 15 is 0 Å². The van der Waals surface area contributed by atoms with Crippen LogP contribution in [0.4, 0.5) is 0 Å². The Kier molecular flexibility index (Phi) is 5.41. The van der Waals surface area contributed by atoms with Gasteiger partial charge >= 0.3 is 0 Å². The van der Waals surface area contributed by atoms with E-state index in [0.717, 1.165) is 24.7 Å². The minimum absolute atomic E-state index is 0.0387. The lowest BCUT2D eigenvalue weighted by atomic mass is 10.1. The maximum absolute atomic E-state index is 7.39. The van der Waals surface area contributed by atoms with E-state index in [2.05, 4.69) is 111 Å². The minimum Gasteiger partial charge on any atom is -0.404 e. The van der Waals surface area contributed by atoms with Crippen LogP contribution in [0, 0.1) is 11.8 Å². The van der Waals surface area contributed by atoms with Crippen LogP contribution in [-0.4, -0.2) is 24.0 Å². The molecule has 0 amide bonds. The van der Waals surface area contributed by atoms with Gasteiger partial charge in [-0.2, -0.15) is 0 Å². The highest BCUT2D eigenvalue weighted by molar-refractivity contribution is 6.99. The third-order valence-corrected chi connectivity index (χ3v) is 12.7. The summed E-state index contributed by atoms with van der Waals surface area (Å²) in [6, 6.07) is 22.7. The maximum atomic E-state index is 7.39. The number of hydrogen-bond acceptors (Lipinski definition) is 2. The molecule has 3 nitrogen and oxygen atoms in total. The molecular formula is C28H36N2OSi. The Bertz CT molecular complexity index is 1000. The molecule has 0 saturated heterocycles. The molecule has 2 aliphatic rings. The number of imidazole rings is 1. The summed E-state index contributed by atoms with van der Waals surface area (Å²) in [6.45, 7) is 11.6. The molecule has 1 unspecified atom stereocenters. The second kappa shape index (κ2) is 8.00. The van der Waals surface area contributed by atoms with Gasteiger partial charge in [0.2, 0.25) is 0 Å². The molecule has 0 aliphatic heterocycles. The van der Waals surface area contributed by atoms with Crippen molar-refractivity contribution >= 4 is 18.7 Å². The average Bonchev–Trinajstić information content (AvgIpc) is 3.13. The largest absolute Gasteiger partial charge is 0.404 e. The summed E-state index contributed by atoms with van der Waals surface area (Å²) < 4.78 is 9.85. The first-order valence-electron chi connectivity index (χ1n) is 12.1. The molecule has 2 fully saturated rings.